The lowest BCUT2D eigenvalue weighted by molar-refractivity contribution is 0.668. The molecule has 0 radical (unpaired) electrons. The van der Waals surface area contributed by atoms with Crippen LogP contribution in [0.1, 0.15) is 0 Å². The summed E-state index contributed by atoms with van der Waals surface area (Å²) in [7, 11) is 0. The molecule has 18 aromatic rings. The molecule has 0 aliphatic carbocycles. The predicted octanol–water partition coefficient (Wildman–Crippen LogP) is 20.8. The van der Waals surface area contributed by atoms with Crippen LogP contribution in [0, 0.1) is 0 Å². The fraction of sp³-hybridized carbons (Fsp3) is 0. The Kier molecular flexibility index (Phi) is 9.70. The van der Waals surface area contributed by atoms with Gasteiger partial charge in [0.05, 0.1) is 33.1 Å². The van der Waals surface area contributed by atoms with E-state index in [4.69, 9.17) is 13.8 Å². The first-order valence-corrected chi connectivity index (χ1v) is 28.2. The van der Waals surface area contributed by atoms with E-state index in [1.165, 1.54) is 43.4 Å². The van der Waals surface area contributed by atoms with Crippen molar-refractivity contribution >= 4 is 109 Å². The van der Waals surface area contributed by atoms with E-state index in [1.54, 1.807) is 0 Å². The first-order chi connectivity index (χ1) is 41.1. The van der Waals surface area contributed by atoms with Gasteiger partial charge < -0.3 is 13.4 Å². The summed E-state index contributed by atoms with van der Waals surface area (Å²) in [6, 6.07) is 101. The van der Waals surface area contributed by atoms with Gasteiger partial charge in [-0.25, -0.2) is 4.98 Å². The second-order valence-corrected chi connectivity index (χ2v) is 21.8. The molecule has 6 aromatic heterocycles. The highest BCUT2D eigenvalue weighted by molar-refractivity contribution is 6.29. The molecule has 12 aromatic carbocycles. The predicted molar refractivity (Wildman–Crippen MR) is 344 cm³/mol. The van der Waals surface area contributed by atoms with Gasteiger partial charge in [-0.2, -0.15) is 0 Å². The molecule has 0 N–H and O–H groups in total. The summed E-state index contributed by atoms with van der Waals surface area (Å²) in [4.78, 5) is 5.54. The Balaban J connectivity index is 0.862. The number of rotatable bonds is 7. The summed E-state index contributed by atoms with van der Waals surface area (Å²) in [5.74, 6) is 1.72. The molecule has 0 atom stereocenters. The van der Waals surface area contributed by atoms with Gasteiger partial charge in [0.15, 0.2) is 0 Å². The number of fused-ring (bicyclic) bond motifs is 16. The number of aromatic nitrogens is 4. The summed E-state index contributed by atoms with van der Waals surface area (Å²) < 4.78 is 20.2. The number of pyridine rings is 1. The zero-order chi connectivity index (χ0) is 54.3. The Bertz CT molecular complexity index is 5470. The summed E-state index contributed by atoms with van der Waals surface area (Å²) in [6.45, 7) is 0. The van der Waals surface area contributed by atoms with Gasteiger partial charge >= 0.3 is 0 Å². The van der Waals surface area contributed by atoms with Gasteiger partial charge in [-0.3, -0.25) is 9.13 Å². The Morgan fingerprint density at radius 3 is 1.01 bits per heavy atom. The van der Waals surface area contributed by atoms with Gasteiger partial charge in [-0.05, 0) is 160 Å². The van der Waals surface area contributed by atoms with Crippen molar-refractivity contribution in [1.29, 1.82) is 0 Å². The van der Waals surface area contributed by atoms with Crippen LogP contribution in [0.3, 0.4) is 0 Å². The maximum Gasteiger partial charge on any atom is 0.140 e. The van der Waals surface area contributed by atoms with Gasteiger partial charge in [-0.15, -0.1) is 0 Å². The van der Waals surface area contributed by atoms with Crippen LogP contribution in [0.2, 0.25) is 0 Å². The van der Waals surface area contributed by atoms with Crippen LogP contribution in [-0.2, 0) is 0 Å². The smallest absolute Gasteiger partial charge is 0.140 e. The monoisotopic (exact) mass is 1060 g/mol. The molecule has 386 valence electrons. The second-order valence-electron chi connectivity index (χ2n) is 21.8. The van der Waals surface area contributed by atoms with Gasteiger partial charge in [0.2, 0.25) is 0 Å². The fourth-order valence-corrected chi connectivity index (χ4v) is 13.5. The molecular weight excluding hydrogens is 1010 g/mol. The van der Waals surface area contributed by atoms with Crippen molar-refractivity contribution in [1.82, 2.24) is 18.7 Å². The number of para-hydroxylation sites is 4. The quantitative estimate of drug-likeness (QED) is 0.160. The van der Waals surface area contributed by atoms with Gasteiger partial charge in [0.1, 0.15) is 34.0 Å². The minimum Gasteiger partial charge on any atom is -0.456 e. The fourth-order valence-electron chi connectivity index (χ4n) is 13.5. The maximum atomic E-state index is 6.54. The van der Waals surface area contributed by atoms with E-state index in [0.29, 0.717) is 0 Å². The van der Waals surface area contributed by atoms with Crippen LogP contribution in [-0.4, -0.2) is 18.7 Å². The summed E-state index contributed by atoms with van der Waals surface area (Å²) in [5, 5.41) is 11.5. The van der Waals surface area contributed by atoms with E-state index >= 15 is 0 Å². The molecule has 6 heteroatoms. The SMILES string of the molecule is c1ccc(-c2ccc3oc4ccc(-c5cc(-c6ccc7oc8ccc(-c9ccccc9)cc8c7c6)cc(-n6c7ccccc7c7c8c9ccccc9n(-c9cccc(-n%10c%11ccccc%11c%11ccccc%11%10)n9)c8ccc76)c5)cc4c3c2)cc1. The second kappa shape index (κ2) is 17.6. The summed E-state index contributed by atoms with van der Waals surface area (Å²) in [6.07, 6.45) is 0. The minimum atomic E-state index is 0.855. The van der Waals surface area contributed by atoms with Crippen LogP contribution < -0.4 is 0 Å². The number of hydrogen-bond donors (Lipinski definition) is 0. The molecule has 0 unspecified atom stereocenters. The van der Waals surface area contributed by atoms with E-state index in [0.717, 1.165) is 128 Å². The molecule has 0 aliphatic rings. The first-order valence-electron chi connectivity index (χ1n) is 28.2. The maximum absolute atomic E-state index is 6.54. The van der Waals surface area contributed by atoms with Crippen LogP contribution >= 0.6 is 0 Å². The highest BCUT2D eigenvalue weighted by Crippen LogP contribution is 2.45. The lowest BCUT2D eigenvalue weighted by Gasteiger charge is -2.14. The third-order valence-corrected chi connectivity index (χ3v) is 17.2. The topological polar surface area (TPSA) is 54.0 Å². The van der Waals surface area contributed by atoms with Crippen molar-refractivity contribution in [2.45, 2.75) is 0 Å². The molecule has 6 heterocycles. The number of benzene rings is 12. The number of nitrogens with zero attached hydrogens (tertiary/aromatic N) is 4. The Morgan fingerprint density at radius 2 is 0.566 bits per heavy atom. The molecule has 0 saturated heterocycles. The van der Waals surface area contributed by atoms with Crippen molar-refractivity contribution in [2.24, 2.45) is 0 Å². The van der Waals surface area contributed by atoms with Crippen LogP contribution in [0.4, 0.5) is 0 Å². The highest BCUT2D eigenvalue weighted by atomic mass is 16.3. The largest absolute Gasteiger partial charge is 0.456 e. The first kappa shape index (κ1) is 45.6. The molecule has 0 amide bonds. The Labute approximate surface area is 475 Å². The molecule has 18 rings (SSSR count). The van der Waals surface area contributed by atoms with E-state index in [9.17, 15) is 0 Å². The van der Waals surface area contributed by atoms with Crippen molar-refractivity contribution in [3.8, 4) is 61.8 Å². The third-order valence-electron chi connectivity index (χ3n) is 17.2. The van der Waals surface area contributed by atoms with Crippen LogP contribution in [0.25, 0.3) is 171 Å². The average molecular weight is 1060 g/mol. The minimum absolute atomic E-state index is 0.855. The summed E-state index contributed by atoms with van der Waals surface area (Å²) >= 11 is 0. The molecule has 0 fully saturated rings. The highest BCUT2D eigenvalue weighted by Gasteiger charge is 2.23. The van der Waals surface area contributed by atoms with Crippen LogP contribution in [0.15, 0.2) is 288 Å². The Hall–Kier alpha value is -11.2. The average Bonchev–Trinajstić information content (AvgIpc) is 3.26. The van der Waals surface area contributed by atoms with Crippen molar-refractivity contribution in [2.75, 3.05) is 0 Å². The van der Waals surface area contributed by atoms with Gasteiger partial charge in [-0.1, -0.05) is 164 Å². The molecular formula is C77H46N4O2. The molecule has 0 spiro atoms. The molecule has 6 nitrogen and oxygen atoms in total. The standard InChI is InChI=1S/C77H46N4O2/c1-3-16-47(17-4-1)49-30-36-70-60(43-49)62-45-51(32-38-72(62)82-70)53-40-54(52-33-39-73-63(46-52)61-44-50(31-37-71(61)83-73)48-18-5-2-6-19-48)42-55(41-53)79-66-26-13-9-22-58(66)76-68(79)34-35-69-77(76)59-23-10-14-27-67(59)81(69)75-29-15-28-74(78-75)80-64-24-11-7-20-56(64)57-21-8-12-25-65(57)80/h1-46H. The zero-order valence-electron chi connectivity index (χ0n) is 44.7. The van der Waals surface area contributed by atoms with Crippen molar-refractivity contribution in [3.05, 3.63) is 279 Å². The summed E-state index contributed by atoms with van der Waals surface area (Å²) in [5.41, 5.74) is 20.2. The lowest BCUT2D eigenvalue weighted by atomic mass is 9.95. The van der Waals surface area contributed by atoms with E-state index in [-0.39, 0.29) is 0 Å². The molecule has 0 bridgehead atoms. The van der Waals surface area contributed by atoms with E-state index < -0.39 is 0 Å². The Morgan fingerprint density at radius 1 is 0.217 bits per heavy atom. The van der Waals surface area contributed by atoms with E-state index in [2.05, 4.69) is 293 Å². The lowest BCUT2D eigenvalue weighted by Crippen LogP contribution is -2.03. The molecule has 0 aliphatic heterocycles. The van der Waals surface area contributed by atoms with E-state index in [1.807, 2.05) is 0 Å². The number of hydrogen-bond acceptors (Lipinski definition) is 3. The zero-order valence-corrected chi connectivity index (χ0v) is 44.7. The normalized spacial score (nSPS) is 12.1. The van der Waals surface area contributed by atoms with Crippen molar-refractivity contribution < 1.29 is 8.83 Å². The van der Waals surface area contributed by atoms with Gasteiger partial charge in [0, 0.05) is 59.5 Å². The van der Waals surface area contributed by atoms with Gasteiger partial charge in [0.25, 0.3) is 0 Å². The third kappa shape index (κ3) is 6.93. The molecule has 0 saturated carbocycles. The van der Waals surface area contributed by atoms with Crippen LogP contribution in [0.5, 0.6) is 0 Å². The van der Waals surface area contributed by atoms with Crippen molar-refractivity contribution in [3.63, 3.8) is 0 Å². The number of furan rings is 2. The molecule has 83 heavy (non-hydrogen) atoms.